The summed E-state index contributed by atoms with van der Waals surface area (Å²) in [5, 5.41) is 11.4. The molecule has 2 aromatic rings. The van der Waals surface area contributed by atoms with Crippen LogP contribution in [0, 0.1) is 6.92 Å². The van der Waals surface area contributed by atoms with E-state index in [1.165, 1.54) is 25.2 Å². The van der Waals surface area contributed by atoms with Crippen LogP contribution in [0.5, 0.6) is 11.5 Å². The lowest BCUT2D eigenvalue weighted by Gasteiger charge is -2.25. The zero-order valence-corrected chi connectivity index (χ0v) is 19.9. The summed E-state index contributed by atoms with van der Waals surface area (Å²) in [7, 11) is 6.46. The number of ether oxygens (including phenoxy) is 2. The van der Waals surface area contributed by atoms with E-state index in [1.54, 1.807) is 19.1 Å². The van der Waals surface area contributed by atoms with Gasteiger partial charge in [-0.1, -0.05) is 23.2 Å². The standard InChI is InChI=1S/C22H24Cl2N2O6/c1-11-6-7-14(32-11)17-15(19(28)22(29)26(17)9-8-25(2)3)18(27)12-10-13(23)21(31-5)16(24)20(12)30-4/h6-7,10,17,27H,8-9H2,1-5H3/b18-15+. The number of likely N-dealkylation sites (tertiary alicyclic amines) is 1. The van der Waals surface area contributed by atoms with Crippen LogP contribution in [0.25, 0.3) is 5.76 Å². The highest BCUT2D eigenvalue weighted by atomic mass is 35.5. The van der Waals surface area contributed by atoms with Crippen LogP contribution in [0.2, 0.25) is 10.0 Å². The first-order valence-corrected chi connectivity index (χ1v) is 10.5. The molecule has 0 saturated carbocycles. The molecule has 0 aliphatic carbocycles. The van der Waals surface area contributed by atoms with E-state index >= 15 is 0 Å². The van der Waals surface area contributed by atoms with Crippen LogP contribution in [0.1, 0.15) is 23.1 Å². The van der Waals surface area contributed by atoms with Crippen molar-refractivity contribution in [3.63, 3.8) is 0 Å². The molecule has 1 saturated heterocycles. The largest absolute Gasteiger partial charge is 0.507 e. The summed E-state index contributed by atoms with van der Waals surface area (Å²) in [4.78, 5) is 29.2. The van der Waals surface area contributed by atoms with E-state index in [-0.39, 0.29) is 39.2 Å². The minimum absolute atomic E-state index is 0.0243. The van der Waals surface area contributed by atoms with Gasteiger partial charge in [-0.3, -0.25) is 9.59 Å². The molecule has 1 amide bonds. The molecule has 0 spiro atoms. The summed E-state index contributed by atoms with van der Waals surface area (Å²) in [5.74, 6) is -0.885. The van der Waals surface area contributed by atoms with Gasteiger partial charge in [0.2, 0.25) is 0 Å². The van der Waals surface area contributed by atoms with Gasteiger partial charge in [-0.25, -0.2) is 0 Å². The van der Waals surface area contributed by atoms with E-state index in [0.717, 1.165) is 0 Å². The van der Waals surface area contributed by atoms with E-state index in [2.05, 4.69) is 0 Å². The molecule has 1 aromatic heterocycles. The summed E-state index contributed by atoms with van der Waals surface area (Å²) < 4.78 is 16.3. The van der Waals surface area contributed by atoms with Gasteiger partial charge < -0.3 is 28.8 Å². The molecular weight excluding hydrogens is 459 g/mol. The second-order valence-corrected chi connectivity index (χ2v) is 8.32. The molecule has 10 heteroatoms. The minimum atomic E-state index is -0.923. The minimum Gasteiger partial charge on any atom is -0.507 e. The highest BCUT2D eigenvalue weighted by Crippen LogP contribution is 2.47. The number of aryl methyl sites for hydroxylation is 1. The fourth-order valence-electron chi connectivity index (χ4n) is 3.61. The monoisotopic (exact) mass is 482 g/mol. The molecule has 1 aliphatic rings. The van der Waals surface area contributed by atoms with Crippen LogP contribution in [0.3, 0.4) is 0 Å². The number of halogens is 2. The van der Waals surface area contributed by atoms with Gasteiger partial charge in [0.15, 0.2) is 11.5 Å². The number of carbonyl (C=O) groups excluding carboxylic acids is 2. The number of amides is 1. The first-order chi connectivity index (χ1) is 15.1. The van der Waals surface area contributed by atoms with Crippen molar-refractivity contribution in [2.75, 3.05) is 41.4 Å². The van der Waals surface area contributed by atoms with E-state index in [4.69, 9.17) is 37.1 Å². The van der Waals surface area contributed by atoms with Gasteiger partial charge in [0.25, 0.3) is 11.7 Å². The van der Waals surface area contributed by atoms with Crippen molar-refractivity contribution >= 4 is 40.7 Å². The molecule has 1 aliphatic heterocycles. The highest BCUT2D eigenvalue weighted by Gasteiger charge is 2.47. The maximum Gasteiger partial charge on any atom is 0.295 e. The van der Waals surface area contributed by atoms with Crippen molar-refractivity contribution in [3.05, 3.63) is 50.9 Å². The van der Waals surface area contributed by atoms with Gasteiger partial charge in [-0.05, 0) is 39.2 Å². The van der Waals surface area contributed by atoms with E-state index in [9.17, 15) is 14.7 Å². The average molecular weight is 483 g/mol. The molecule has 2 heterocycles. The molecule has 0 bridgehead atoms. The number of aliphatic hydroxyl groups excluding tert-OH is 1. The lowest BCUT2D eigenvalue weighted by molar-refractivity contribution is -0.140. The van der Waals surface area contributed by atoms with Gasteiger partial charge in [0.05, 0.1) is 30.4 Å². The Kier molecular flexibility index (Phi) is 7.07. The van der Waals surface area contributed by atoms with Crippen molar-refractivity contribution in [1.82, 2.24) is 9.80 Å². The second-order valence-electron chi connectivity index (χ2n) is 7.53. The molecular formula is C22H24Cl2N2O6. The number of carbonyl (C=O) groups is 2. The van der Waals surface area contributed by atoms with Gasteiger partial charge in [-0.2, -0.15) is 0 Å². The molecule has 172 valence electrons. The number of hydrogen-bond donors (Lipinski definition) is 1. The van der Waals surface area contributed by atoms with Crippen LogP contribution >= 0.6 is 23.2 Å². The Morgan fingerprint density at radius 2 is 1.84 bits per heavy atom. The number of likely N-dealkylation sites (N-methyl/N-ethyl adjacent to an activating group) is 1. The summed E-state index contributed by atoms with van der Waals surface area (Å²) in [6.45, 7) is 2.51. The summed E-state index contributed by atoms with van der Waals surface area (Å²) in [5.41, 5.74) is -0.0825. The predicted molar refractivity (Wildman–Crippen MR) is 121 cm³/mol. The number of rotatable bonds is 7. The zero-order valence-electron chi connectivity index (χ0n) is 18.4. The fourth-order valence-corrected chi connectivity index (χ4v) is 4.29. The molecule has 1 fully saturated rings. The number of aliphatic hydroxyl groups is 1. The Morgan fingerprint density at radius 1 is 1.19 bits per heavy atom. The Morgan fingerprint density at radius 3 is 2.38 bits per heavy atom. The van der Waals surface area contributed by atoms with Crippen molar-refractivity contribution < 1.29 is 28.6 Å². The van der Waals surface area contributed by atoms with Crippen LogP contribution in [-0.2, 0) is 9.59 Å². The molecule has 3 rings (SSSR count). The van der Waals surface area contributed by atoms with E-state index < -0.39 is 23.5 Å². The third-order valence-corrected chi connectivity index (χ3v) is 5.78. The SMILES string of the molecule is COc1c(Cl)cc(/C(O)=C2\C(=O)C(=O)N(CCN(C)C)C2c2ccc(C)o2)c(OC)c1Cl. The number of nitrogens with zero attached hydrogens (tertiary/aromatic N) is 2. The maximum absolute atomic E-state index is 13.1. The smallest absolute Gasteiger partial charge is 0.295 e. The van der Waals surface area contributed by atoms with Crippen molar-refractivity contribution in [2.45, 2.75) is 13.0 Å². The number of Topliss-reactive ketones (excluding diaryl/α,β-unsaturated/α-hetero) is 1. The molecule has 32 heavy (non-hydrogen) atoms. The lowest BCUT2D eigenvalue weighted by Crippen LogP contribution is -2.35. The van der Waals surface area contributed by atoms with Crippen molar-refractivity contribution in [3.8, 4) is 11.5 Å². The number of hydrogen-bond acceptors (Lipinski definition) is 7. The van der Waals surface area contributed by atoms with Crippen LogP contribution in [0.4, 0.5) is 0 Å². The summed E-state index contributed by atoms with van der Waals surface area (Å²) in [6, 6.07) is 3.85. The van der Waals surface area contributed by atoms with Gasteiger partial charge in [0.1, 0.15) is 28.3 Å². The van der Waals surface area contributed by atoms with Gasteiger partial charge in [-0.15, -0.1) is 0 Å². The van der Waals surface area contributed by atoms with E-state index in [0.29, 0.717) is 18.1 Å². The quantitative estimate of drug-likeness (QED) is 0.363. The normalized spacial score (nSPS) is 18.0. The molecule has 8 nitrogen and oxygen atoms in total. The topological polar surface area (TPSA) is 92.5 Å². The lowest BCUT2D eigenvalue weighted by atomic mass is 9.98. The highest BCUT2D eigenvalue weighted by molar-refractivity contribution is 6.47. The van der Waals surface area contributed by atoms with Crippen molar-refractivity contribution in [2.24, 2.45) is 0 Å². The Hall–Kier alpha value is -2.68. The Labute approximate surface area is 195 Å². The number of furan rings is 1. The molecule has 0 radical (unpaired) electrons. The third kappa shape index (κ3) is 4.18. The zero-order chi connectivity index (χ0) is 23.7. The van der Waals surface area contributed by atoms with Gasteiger partial charge in [0, 0.05) is 13.1 Å². The number of methoxy groups -OCH3 is 2. The number of benzene rings is 1. The maximum atomic E-state index is 13.1. The Bertz CT molecular complexity index is 1090. The third-order valence-electron chi connectivity index (χ3n) is 5.15. The molecule has 1 unspecified atom stereocenters. The van der Waals surface area contributed by atoms with Crippen molar-refractivity contribution in [1.29, 1.82) is 0 Å². The molecule has 1 atom stereocenters. The Balaban J connectivity index is 2.25. The second kappa shape index (κ2) is 9.44. The van der Waals surface area contributed by atoms with Crippen LogP contribution in [-0.4, -0.2) is 68.0 Å². The van der Waals surface area contributed by atoms with Gasteiger partial charge >= 0.3 is 0 Å². The van der Waals surface area contributed by atoms with E-state index in [1.807, 2.05) is 19.0 Å². The van der Waals surface area contributed by atoms with Crippen LogP contribution in [0.15, 0.2) is 28.2 Å². The fraction of sp³-hybridized carbons (Fsp3) is 0.364. The molecule has 1 aromatic carbocycles. The summed E-state index contributed by atoms with van der Waals surface area (Å²) in [6.07, 6.45) is 0. The first kappa shape index (κ1) is 24.0. The average Bonchev–Trinajstić information content (AvgIpc) is 3.27. The first-order valence-electron chi connectivity index (χ1n) is 9.72. The van der Waals surface area contributed by atoms with Crippen LogP contribution < -0.4 is 9.47 Å². The molecule has 1 N–H and O–H groups in total. The predicted octanol–water partition coefficient (Wildman–Crippen LogP) is 3.90. The number of ketones is 1. The summed E-state index contributed by atoms with van der Waals surface area (Å²) >= 11 is 12.6.